The SMILES string of the molecule is Cc1ccc(NS(=O)(=O)c2ccc(Cc3cccc(Cl)c3C#N)cc2)c(=O)n1CC(=O)NCCON=C(N)N. The Hall–Kier alpha value is -4.54. The molecule has 0 aliphatic rings. The summed E-state index contributed by atoms with van der Waals surface area (Å²) in [7, 11) is -4.12. The van der Waals surface area contributed by atoms with E-state index in [-0.39, 0.29) is 36.2 Å². The minimum atomic E-state index is -4.12. The number of anilines is 1. The van der Waals surface area contributed by atoms with Crippen molar-refractivity contribution < 1.29 is 18.0 Å². The topological polar surface area (TPSA) is 195 Å². The number of hydrogen-bond acceptors (Lipinski definition) is 7. The van der Waals surface area contributed by atoms with Gasteiger partial charge in [0, 0.05) is 5.69 Å². The molecule has 0 saturated carbocycles. The molecule has 39 heavy (non-hydrogen) atoms. The Morgan fingerprint density at radius 3 is 2.54 bits per heavy atom. The van der Waals surface area contributed by atoms with Crippen molar-refractivity contribution >= 4 is 39.2 Å². The van der Waals surface area contributed by atoms with Gasteiger partial charge in [0.25, 0.3) is 15.6 Å². The molecule has 2 aromatic carbocycles. The molecule has 1 heterocycles. The molecule has 6 N–H and O–H groups in total. The van der Waals surface area contributed by atoms with E-state index in [1.165, 1.54) is 24.3 Å². The summed E-state index contributed by atoms with van der Waals surface area (Å²) < 4.78 is 29.4. The number of carbonyl (C=O) groups excluding carboxylic acids is 1. The summed E-state index contributed by atoms with van der Waals surface area (Å²) in [5, 5.41) is 15.6. The first-order chi connectivity index (χ1) is 18.5. The summed E-state index contributed by atoms with van der Waals surface area (Å²) >= 11 is 6.09. The molecule has 0 unspecified atom stereocenters. The maximum absolute atomic E-state index is 13.0. The van der Waals surface area contributed by atoms with Gasteiger partial charge in [0.2, 0.25) is 11.9 Å². The molecule has 1 amide bonds. The lowest BCUT2D eigenvalue weighted by Crippen LogP contribution is -2.36. The van der Waals surface area contributed by atoms with Gasteiger partial charge in [-0.1, -0.05) is 35.9 Å². The van der Waals surface area contributed by atoms with Gasteiger partial charge in [-0.25, -0.2) is 8.42 Å². The number of hydrogen-bond donors (Lipinski definition) is 4. The molecule has 204 valence electrons. The van der Waals surface area contributed by atoms with Crippen molar-refractivity contribution in [2.24, 2.45) is 16.6 Å². The molecular weight excluding hydrogens is 546 g/mol. The molecule has 0 atom stereocenters. The standard InChI is InChI=1S/C25H26ClN7O5S/c1-16-5-10-22(24(35)33(16)15-23(34)30-11-12-38-31-25(28)29)32-39(36,37)19-8-6-17(7-9-19)13-18-3-2-4-21(26)20(18)14-27/h2-10,32H,11-13,15H2,1H3,(H,30,34)(H4,28,29,31). The van der Waals surface area contributed by atoms with Crippen LogP contribution in [0.1, 0.15) is 22.4 Å². The fourth-order valence-electron chi connectivity index (χ4n) is 3.55. The van der Waals surface area contributed by atoms with Crippen LogP contribution in [0.4, 0.5) is 5.69 Å². The van der Waals surface area contributed by atoms with Gasteiger partial charge in [-0.15, -0.1) is 0 Å². The van der Waals surface area contributed by atoms with Crippen molar-refractivity contribution in [2.75, 3.05) is 17.9 Å². The summed E-state index contributed by atoms with van der Waals surface area (Å²) in [5.74, 6) is -0.756. The van der Waals surface area contributed by atoms with Gasteiger partial charge in [-0.3, -0.25) is 14.3 Å². The summed E-state index contributed by atoms with van der Waals surface area (Å²) in [4.78, 5) is 30.0. The Morgan fingerprint density at radius 1 is 1.15 bits per heavy atom. The van der Waals surface area contributed by atoms with Crippen LogP contribution in [0.25, 0.3) is 0 Å². The molecule has 3 rings (SSSR count). The van der Waals surface area contributed by atoms with Gasteiger partial charge >= 0.3 is 0 Å². The molecule has 1 aromatic heterocycles. The summed E-state index contributed by atoms with van der Waals surface area (Å²) in [6.45, 7) is 1.37. The van der Waals surface area contributed by atoms with Crippen LogP contribution in [0.3, 0.4) is 0 Å². The van der Waals surface area contributed by atoms with E-state index in [9.17, 15) is 23.3 Å². The number of benzene rings is 2. The highest BCUT2D eigenvalue weighted by molar-refractivity contribution is 7.92. The highest BCUT2D eigenvalue weighted by atomic mass is 35.5. The van der Waals surface area contributed by atoms with Crippen LogP contribution in [0.2, 0.25) is 5.02 Å². The smallest absolute Gasteiger partial charge is 0.275 e. The monoisotopic (exact) mass is 571 g/mol. The van der Waals surface area contributed by atoms with E-state index >= 15 is 0 Å². The second kappa shape index (κ2) is 12.8. The Balaban J connectivity index is 1.71. The number of nitrogens with two attached hydrogens (primary N) is 2. The van der Waals surface area contributed by atoms with Crippen LogP contribution >= 0.6 is 11.6 Å². The van der Waals surface area contributed by atoms with Gasteiger partial charge in [-0.2, -0.15) is 5.26 Å². The Kier molecular flexibility index (Phi) is 9.53. The number of aryl methyl sites for hydroxylation is 1. The van der Waals surface area contributed by atoms with Crippen LogP contribution in [0, 0.1) is 18.3 Å². The van der Waals surface area contributed by atoms with Crippen LogP contribution in [-0.2, 0) is 32.6 Å². The minimum Gasteiger partial charge on any atom is -0.391 e. The number of nitrogens with one attached hydrogen (secondary N) is 2. The van der Waals surface area contributed by atoms with Crippen molar-refractivity contribution in [3.8, 4) is 6.07 Å². The van der Waals surface area contributed by atoms with Crippen LogP contribution in [0.15, 0.2) is 69.4 Å². The lowest BCUT2D eigenvalue weighted by atomic mass is 10.0. The Bertz CT molecular complexity index is 1590. The molecule has 0 radical (unpaired) electrons. The predicted octanol–water partition coefficient (Wildman–Crippen LogP) is 1.39. The largest absolute Gasteiger partial charge is 0.391 e. The molecule has 12 nitrogen and oxygen atoms in total. The maximum Gasteiger partial charge on any atom is 0.275 e. The first-order valence-corrected chi connectivity index (χ1v) is 13.3. The van der Waals surface area contributed by atoms with Crippen LogP contribution in [-0.4, -0.2) is 38.0 Å². The zero-order valence-electron chi connectivity index (χ0n) is 20.8. The molecule has 0 aliphatic carbocycles. The Labute approximate surface area is 229 Å². The molecule has 0 fully saturated rings. The molecule has 14 heteroatoms. The Morgan fingerprint density at radius 2 is 1.87 bits per heavy atom. The number of nitriles is 1. The predicted molar refractivity (Wildman–Crippen MR) is 146 cm³/mol. The number of nitrogens with zero attached hydrogens (tertiary/aromatic N) is 3. The van der Waals surface area contributed by atoms with E-state index < -0.39 is 21.5 Å². The number of carbonyl (C=O) groups is 1. The third-order valence-corrected chi connectivity index (χ3v) is 7.16. The van der Waals surface area contributed by atoms with Crippen molar-refractivity contribution in [1.29, 1.82) is 5.26 Å². The van der Waals surface area contributed by atoms with E-state index in [4.69, 9.17) is 27.9 Å². The van der Waals surface area contributed by atoms with Crippen molar-refractivity contribution in [2.45, 2.75) is 24.8 Å². The van der Waals surface area contributed by atoms with Gasteiger partial charge < -0.3 is 26.2 Å². The average Bonchev–Trinajstić information content (AvgIpc) is 2.88. The zero-order valence-corrected chi connectivity index (χ0v) is 22.4. The number of halogens is 1. The van der Waals surface area contributed by atoms with Gasteiger partial charge in [0.1, 0.15) is 24.9 Å². The fraction of sp³-hybridized carbons (Fsp3) is 0.200. The highest BCUT2D eigenvalue weighted by Crippen LogP contribution is 2.23. The van der Waals surface area contributed by atoms with E-state index in [0.717, 1.165) is 10.1 Å². The lowest BCUT2D eigenvalue weighted by Gasteiger charge is -2.14. The normalized spacial score (nSPS) is 10.8. The van der Waals surface area contributed by atoms with E-state index in [1.54, 1.807) is 37.3 Å². The third-order valence-electron chi connectivity index (χ3n) is 5.46. The van der Waals surface area contributed by atoms with Gasteiger partial charge in [0.05, 0.1) is 22.0 Å². The van der Waals surface area contributed by atoms with Gasteiger partial charge in [0.15, 0.2) is 0 Å². The molecule has 0 bridgehead atoms. The number of aromatic nitrogens is 1. The quantitative estimate of drug-likeness (QED) is 0.115. The van der Waals surface area contributed by atoms with Crippen LogP contribution < -0.4 is 27.1 Å². The zero-order chi connectivity index (χ0) is 28.6. The highest BCUT2D eigenvalue weighted by Gasteiger charge is 2.18. The first kappa shape index (κ1) is 29.0. The molecule has 3 aromatic rings. The summed E-state index contributed by atoms with van der Waals surface area (Å²) in [6.07, 6.45) is 0.377. The van der Waals surface area contributed by atoms with Crippen molar-refractivity contribution in [3.63, 3.8) is 0 Å². The average molecular weight is 572 g/mol. The van der Waals surface area contributed by atoms with Crippen molar-refractivity contribution in [1.82, 2.24) is 9.88 Å². The number of pyridine rings is 1. The second-order valence-electron chi connectivity index (χ2n) is 8.29. The number of oxime groups is 1. The fourth-order valence-corrected chi connectivity index (χ4v) is 4.85. The van der Waals surface area contributed by atoms with Crippen LogP contribution in [0.5, 0.6) is 0 Å². The lowest BCUT2D eigenvalue weighted by molar-refractivity contribution is -0.122. The second-order valence-corrected chi connectivity index (χ2v) is 10.4. The van der Waals surface area contributed by atoms with Crippen molar-refractivity contribution in [3.05, 3.63) is 92.4 Å². The molecule has 0 saturated heterocycles. The first-order valence-electron chi connectivity index (χ1n) is 11.5. The molecular formula is C25H26ClN7O5S. The van der Waals surface area contributed by atoms with Gasteiger partial charge in [-0.05, 0) is 60.0 Å². The number of sulfonamides is 1. The maximum atomic E-state index is 13.0. The number of amides is 1. The molecule has 0 spiro atoms. The number of rotatable bonds is 11. The summed E-state index contributed by atoms with van der Waals surface area (Å²) in [5.41, 5.74) is 11.6. The molecule has 0 aliphatic heterocycles. The van der Waals surface area contributed by atoms with E-state index in [1.807, 2.05) is 0 Å². The summed E-state index contributed by atoms with van der Waals surface area (Å²) in [6, 6.07) is 16.1. The number of guanidine groups is 1. The minimum absolute atomic E-state index is 0.00866. The third kappa shape index (κ3) is 7.73. The van der Waals surface area contributed by atoms with E-state index in [2.05, 4.69) is 21.3 Å². The van der Waals surface area contributed by atoms with E-state index in [0.29, 0.717) is 28.3 Å².